The average molecular weight is 304 g/mol. The van der Waals surface area contributed by atoms with Crippen LogP contribution >= 0.6 is 11.6 Å². The Labute approximate surface area is 126 Å². The van der Waals surface area contributed by atoms with Gasteiger partial charge in [0.15, 0.2) is 0 Å². The van der Waals surface area contributed by atoms with E-state index in [1.807, 2.05) is 0 Å². The summed E-state index contributed by atoms with van der Waals surface area (Å²) in [6.45, 7) is 0. The van der Waals surface area contributed by atoms with Crippen LogP contribution in [0.5, 0.6) is 0 Å². The predicted molar refractivity (Wildman–Crippen MR) is 83.2 cm³/mol. The first kappa shape index (κ1) is 14.9. The van der Waals surface area contributed by atoms with Gasteiger partial charge in [0.2, 0.25) is 5.91 Å². The van der Waals surface area contributed by atoms with Crippen LogP contribution in [0.3, 0.4) is 0 Å². The van der Waals surface area contributed by atoms with Gasteiger partial charge in [-0.3, -0.25) is 9.59 Å². The van der Waals surface area contributed by atoms with E-state index in [0.717, 1.165) is 5.56 Å². The Morgan fingerprint density at radius 2 is 1.76 bits per heavy atom. The Bertz CT molecular complexity index is 684. The van der Waals surface area contributed by atoms with Gasteiger partial charge in [-0.25, -0.2) is 0 Å². The summed E-state index contributed by atoms with van der Waals surface area (Å²) < 4.78 is 0. The number of benzene rings is 2. The van der Waals surface area contributed by atoms with Gasteiger partial charge in [-0.1, -0.05) is 23.7 Å². The first-order valence-electron chi connectivity index (χ1n) is 6.19. The monoisotopic (exact) mass is 303 g/mol. The Morgan fingerprint density at radius 1 is 1.10 bits per heavy atom. The summed E-state index contributed by atoms with van der Waals surface area (Å²) in [5.41, 5.74) is 12.9. The van der Waals surface area contributed by atoms with Crippen molar-refractivity contribution in [2.45, 2.75) is 6.42 Å². The number of carbonyl (C=O) groups is 2. The first-order chi connectivity index (χ1) is 9.95. The molecule has 108 valence electrons. The van der Waals surface area contributed by atoms with Crippen LogP contribution in [0.2, 0.25) is 5.02 Å². The average Bonchev–Trinajstić information content (AvgIpc) is 2.43. The fourth-order valence-electron chi connectivity index (χ4n) is 1.78. The van der Waals surface area contributed by atoms with Gasteiger partial charge in [0.05, 0.1) is 17.1 Å². The largest absolute Gasteiger partial charge is 0.398 e. The van der Waals surface area contributed by atoms with Gasteiger partial charge in [-0.2, -0.15) is 0 Å². The molecule has 2 rings (SSSR count). The van der Waals surface area contributed by atoms with Crippen LogP contribution in [0.15, 0.2) is 42.5 Å². The van der Waals surface area contributed by atoms with Crippen LogP contribution in [-0.4, -0.2) is 11.8 Å². The van der Waals surface area contributed by atoms with Crippen LogP contribution in [0, 0.1) is 0 Å². The second-order valence-corrected chi connectivity index (χ2v) is 4.94. The number of halogens is 1. The Kier molecular flexibility index (Phi) is 4.45. The number of hydrogen-bond donors (Lipinski definition) is 3. The number of hydrogen-bond acceptors (Lipinski definition) is 3. The van der Waals surface area contributed by atoms with Crippen LogP contribution in [0.1, 0.15) is 15.9 Å². The maximum absolute atomic E-state index is 12.1. The number of amides is 2. The zero-order valence-corrected chi connectivity index (χ0v) is 11.9. The summed E-state index contributed by atoms with van der Waals surface area (Å²) in [6, 6.07) is 11.6. The number of carbonyl (C=O) groups excluding carboxylic acids is 2. The van der Waals surface area contributed by atoms with Gasteiger partial charge >= 0.3 is 0 Å². The standard InChI is InChI=1S/C15H14ClN3O2/c16-12-8-10(3-6-13(12)17)15(21)19-11-4-1-9(2-5-11)7-14(18)20/h1-6,8H,7,17H2,(H2,18,20)(H,19,21). The van der Waals surface area contributed by atoms with E-state index in [4.69, 9.17) is 23.1 Å². The zero-order valence-electron chi connectivity index (χ0n) is 11.1. The molecule has 5 nitrogen and oxygen atoms in total. The fourth-order valence-corrected chi connectivity index (χ4v) is 1.96. The van der Waals surface area contributed by atoms with E-state index >= 15 is 0 Å². The summed E-state index contributed by atoms with van der Waals surface area (Å²) in [5.74, 6) is -0.692. The molecule has 0 fully saturated rings. The molecule has 5 N–H and O–H groups in total. The van der Waals surface area contributed by atoms with Crippen molar-refractivity contribution in [3.63, 3.8) is 0 Å². The molecule has 0 aromatic heterocycles. The molecule has 0 spiro atoms. The summed E-state index contributed by atoms with van der Waals surface area (Å²) in [4.78, 5) is 22.9. The number of anilines is 2. The van der Waals surface area contributed by atoms with E-state index in [1.165, 1.54) is 6.07 Å². The van der Waals surface area contributed by atoms with Crippen LogP contribution in [0.4, 0.5) is 11.4 Å². The lowest BCUT2D eigenvalue weighted by molar-refractivity contribution is -0.117. The summed E-state index contributed by atoms with van der Waals surface area (Å²) in [5, 5.41) is 3.06. The lowest BCUT2D eigenvalue weighted by Crippen LogP contribution is -2.14. The maximum atomic E-state index is 12.1. The van der Waals surface area contributed by atoms with Crippen molar-refractivity contribution in [1.82, 2.24) is 0 Å². The van der Waals surface area contributed by atoms with Crippen LogP contribution < -0.4 is 16.8 Å². The highest BCUT2D eigenvalue weighted by Gasteiger charge is 2.08. The van der Waals surface area contributed by atoms with Gasteiger partial charge in [0.25, 0.3) is 5.91 Å². The third kappa shape index (κ3) is 3.97. The van der Waals surface area contributed by atoms with E-state index in [0.29, 0.717) is 22.0 Å². The van der Waals surface area contributed by atoms with Crippen molar-refractivity contribution >= 4 is 34.8 Å². The van der Waals surface area contributed by atoms with E-state index in [2.05, 4.69) is 5.32 Å². The number of nitrogen functional groups attached to an aromatic ring is 1. The van der Waals surface area contributed by atoms with E-state index in [-0.39, 0.29) is 12.3 Å². The summed E-state index contributed by atoms with van der Waals surface area (Å²) >= 11 is 5.88. The van der Waals surface area contributed by atoms with Crippen LogP contribution in [-0.2, 0) is 11.2 Å². The third-order valence-corrected chi connectivity index (χ3v) is 3.18. The van der Waals surface area contributed by atoms with Crippen molar-refractivity contribution in [1.29, 1.82) is 0 Å². The molecule has 0 saturated carbocycles. The summed E-state index contributed by atoms with van der Waals surface area (Å²) in [6.07, 6.45) is 0.168. The molecule has 0 aliphatic heterocycles. The minimum atomic E-state index is -0.400. The Morgan fingerprint density at radius 3 is 2.33 bits per heavy atom. The van der Waals surface area contributed by atoms with Crippen molar-refractivity contribution in [3.8, 4) is 0 Å². The van der Waals surface area contributed by atoms with Crippen molar-refractivity contribution in [2.24, 2.45) is 5.73 Å². The molecule has 6 heteroatoms. The van der Waals surface area contributed by atoms with Gasteiger partial charge in [0.1, 0.15) is 0 Å². The quantitative estimate of drug-likeness (QED) is 0.755. The van der Waals surface area contributed by atoms with E-state index in [1.54, 1.807) is 36.4 Å². The predicted octanol–water partition coefficient (Wildman–Crippen LogP) is 2.20. The highest BCUT2D eigenvalue weighted by Crippen LogP contribution is 2.20. The normalized spacial score (nSPS) is 10.1. The summed E-state index contributed by atoms with van der Waals surface area (Å²) in [7, 11) is 0. The van der Waals surface area contributed by atoms with E-state index < -0.39 is 5.91 Å². The highest BCUT2D eigenvalue weighted by molar-refractivity contribution is 6.33. The number of nitrogens with two attached hydrogens (primary N) is 2. The zero-order chi connectivity index (χ0) is 15.4. The van der Waals surface area contributed by atoms with Gasteiger partial charge in [-0.05, 0) is 35.9 Å². The second kappa shape index (κ2) is 6.28. The molecule has 21 heavy (non-hydrogen) atoms. The van der Waals surface area contributed by atoms with Crippen molar-refractivity contribution in [3.05, 3.63) is 58.6 Å². The Hall–Kier alpha value is -2.53. The lowest BCUT2D eigenvalue weighted by Gasteiger charge is -2.07. The van der Waals surface area contributed by atoms with Gasteiger partial charge < -0.3 is 16.8 Å². The van der Waals surface area contributed by atoms with Gasteiger partial charge in [-0.15, -0.1) is 0 Å². The molecule has 0 aliphatic carbocycles. The SMILES string of the molecule is NC(=O)Cc1ccc(NC(=O)c2ccc(N)c(Cl)c2)cc1. The van der Waals surface area contributed by atoms with Crippen LogP contribution in [0.25, 0.3) is 0 Å². The first-order valence-corrected chi connectivity index (χ1v) is 6.57. The molecule has 0 heterocycles. The van der Waals surface area contributed by atoms with Crippen molar-refractivity contribution in [2.75, 3.05) is 11.1 Å². The van der Waals surface area contributed by atoms with Gasteiger partial charge in [0, 0.05) is 11.3 Å². The molecule has 2 aromatic carbocycles. The maximum Gasteiger partial charge on any atom is 0.255 e. The number of nitrogens with one attached hydrogen (secondary N) is 1. The topological polar surface area (TPSA) is 98.2 Å². The molecular weight excluding hydrogens is 290 g/mol. The second-order valence-electron chi connectivity index (χ2n) is 4.53. The minimum Gasteiger partial charge on any atom is -0.398 e. The molecule has 2 amide bonds. The smallest absolute Gasteiger partial charge is 0.255 e. The van der Waals surface area contributed by atoms with Crippen molar-refractivity contribution < 1.29 is 9.59 Å². The minimum absolute atomic E-state index is 0.168. The molecule has 2 aromatic rings. The highest BCUT2D eigenvalue weighted by atomic mass is 35.5. The molecule has 0 unspecified atom stereocenters. The molecular formula is C15H14ClN3O2. The molecule has 0 bridgehead atoms. The molecule has 0 aliphatic rings. The lowest BCUT2D eigenvalue weighted by atomic mass is 10.1. The number of primary amides is 1. The third-order valence-electron chi connectivity index (χ3n) is 2.85. The Balaban J connectivity index is 2.08. The van der Waals surface area contributed by atoms with E-state index in [9.17, 15) is 9.59 Å². The molecule has 0 radical (unpaired) electrons. The molecule has 0 atom stereocenters. The number of rotatable bonds is 4. The fraction of sp³-hybridized carbons (Fsp3) is 0.0667. The molecule has 0 saturated heterocycles.